The minimum Gasteiger partial charge on any atom is -0.479 e. The normalized spacial score (nSPS) is 12.4. The molecule has 0 spiro atoms. The van der Waals surface area contributed by atoms with Gasteiger partial charge in [0.25, 0.3) is 0 Å². The van der Waals surface area contributed by atoms with Crippen LogP contribution in [0.3, 0.4) is 0 Å². The van der Waals surface area contributed by atoms with E-state index in [1.54, 1.807) is 6.92 Å². The largest absolute Gasteiger partial charge is 0.479 e. The summed E-state index contributed by atoms with van der Waals surface area (Å²) in [6.07, 6.45) is 20.9. The average molecular weight is 343 g/mol. The highest BCUT2D eigenvalue weighted by Gasteiger charge is 2.09. The smallest absolute Gasteiger partial charge is 0.332 e. The molecule has 0 rings (SSSR count). The second-order valence-electron chi connectivity index (χ2n) is 7.15. The fourth-order valence-electron chi connectivity index (χ4n) is 2.98. The lowest BCUT2D eigenvalue weighted by atomic mass is 10.0. The number of hydrogen-bond acceptors (Lipinski definition) is 2. The van der Waals surface area contributed by atoms with Gasteiger partial charge in [0.1, 0.15) is 0 Å². The van der Waals surface area contributed by atoms with Gasteiger partial charge in [-0.2, -0.15) is 0 Å². The minimum atomic E-state index is -0.869. The molecule has 0 saturated heterocycles. The SMILES string of the molecule is CCCCCCCCCCCCCCCCCCOC(C)C(=O)O. The molecular formula is C21H42O3. The fourth-order valence-corrected chi connectivity index (χ4v) is 2.98. The van der Waals surface area contributed by atoms with Crippen molar-refractivity contribution in [2.24, 2.45) is 0 Å². The van der Waals surface area contributed by atoms with Crippen molar-refractivity contribution in [1.29, 1.82) is 0 Å². The maximum atomic E-state index is 10.6. The molecule has 1 atom stereocenters. The van der Waals surface area contributed by atoms with E-state index in [0.29, 0.717) is 6.61 Å². The summed E-state index contributed by atoms with van der Waals surface area (Å²) in [5.41, 5.74) is 0. The molecule has 0 aromatic rings. The molecule has 0 aliphatic rings. The van der Waals surface area contributed by atoms with Gasteiger partial charge in [-0.25, -0.2) is 4.79 Å². The van der Waals surface area contributed by atoms with Gasteiger partial charge < -0.3 is 9.84 Å². The number of carboxylic acid groups (broad SMARTS) is 1. The molecule has 3 nitrogen and oxygen atoms in total. The van der Waals surface area contributed by atoms with Crippen molar-refractivity contribution in [3.63, 3.8) is 0 Å². The monoisotopic (exact) mass is 342 g/mol. The number of carboxylic acids is 1. The van der Waals surface area contributed by atoms with Gasteiger partial charge in [-0.3, -0.25) is 0 Å². The minimum absolute atomic E-state index is 0.575. The van der Waals surface area contributed by atoms with Crippen LogP contribution in [0.2, 0.25) is 0 Å². The van der Waals surface area contributed by atoms with Crippen molar-refractivity contribution in [3.05, 3.63) is 0 Å². The van der Waals surface area contributed by atoms with Crippen LogP contribution in [0.4, 0.5) is 0 Å². The third-order valence-corrected chi connectivity index (χ3v) is 4.71. The van der Waals surface area contributed by atoms with E-state index in [-0.39, 0.29) is 0 Å². The Labute approximate surface area is 150 Å². The van der Waals surface area contributed by atoms with Gasteiger partial charge in [-0.15, -0.1) is 0 Å². The van der Waals surface area contributed by atoms with Gasteiger partial charge in [-0.05, 0) is 13.3 Å². The number of hydrogen-bond donors (Lipinski definition) is 1. The molecule has 0 saturated carbocycles. The van der Waals surface area contributed by atoms with Crippen LogP contribution in [0.15, 0.2) is 0 Å². The Bertz CT molecular complexity index is 266. The summed E-state index contributed by atoms with van der Waals surface area (Å²) in [6, 6.07) is 0. The van der Waals surface area contributed by atoms with E-state index in [0.717, 1.165) is 12.8 Å². The maximum Gasteiger partial charge on any atom is 0.332 e. The number of ether oxygens (including phenoxy) is 1. The van der Waals surface area contributed by atoms with Crippen LogP contribution in [-0.2, 0) is 9.53 Å². The molecule has 24 heavy (non-hydrogen) atoms. The zero-order valence-electron chi connectivity index (χ0n) is 16.4. The van der Waals surface area contributed by atoms with Crippen LogP contribution in [0, 0.1) is 0 Å². The first kappa shape index (κ1) is 23.4. The molecule has 1 unspecified atom stereocenters. The zero-order valence-corrected chi connectivity index (χ0v) is 16.4. The summed E-state index contributed by atoms with van der Waals surface area (Å²) in [5.74, 6) is -0.869. The lowest BCUT2D eigenvalue weighted by molar-refractivity contribution is -0.149. The highest BCUT2D eigenvalue weighted by atomic mass is 16.5. The highest BCUT2D eigenvalue weighted by molar-refractivity contribution is 5.71. The lowest BCUT2D eigenvalue weighted by Crippen LogP contribution is -2.20. The van der Waals surface area contributed by atoms with Crippen LogP contribution in [0.1, 0.15) is 117 Å². The summed E-state index contributed by atoms with van der Waals surface area (Å²) in [4.78, 5) is 10.6. The van der Waals surface area contributed by atoms with Gasteiger partial charge in [0.05, 0.1) is 0 Å². The molecule has 0 radical (unpaired) electrons. The van der Waals surface area contributed by atoms with E-state index in [4.69, 9.17) is 9.84 Å². The molecule has 3 heteroatoms. The van der Waals surface area contributed by atoms with Gasteiger partial charge in [-0.1, -0.05) is 103 Å². The molecule has 0 bridgehead atoms. The van der Waals surface area contributed by atoms with E-state index in [1.807, 2.05) is 0 Å². The van der Waals surface area contributed by atoms with E-state index in [1.165, 1.54) is 89.9 Å². The number of aliphatic carboxylic acids is 1. The van der Waals surface area contributed by atoms with Gasteiger partial charge in [0.2, 0.25) is 0 Å². The molecule has 0 aliphatic carbocycles. The summed E-state index contributed by atoms with van der Waals surface area (Å²) in [5, 5.41) is 8.69. The lowest BCUT2D eigenvalue weighted by Gasteiger charge is -2.07. The van der Waals surface area contributed by atoms with E-state index in [9.17, 15) is 4.79 Å². The molecule has 0 aromatic heterocycles. The third-order valence-electron chi connectivity index (χ3n) is 4.71. The second kappa shape index (κ2) is 18.8. The molecule has 144 valence electrons. The van der Waals surface area contributed by atoms with E-state index >= 15 is 0 Å². The summed E-state index contributed by atoms with van der Waals surface area (Å²) in [7, 11) is 0. The molecule has 0 amide bonds. The standard InChI is InChI=1S/C21H42O3/c1-3-4-5-6-7-8-9-10-11-12-13-14-15-16-17-18-19-24-20(2)21(22)23/h20H,3-19H2,1-2H3,(H,22,23). The van der Waals surface area contributed by atoms with Crippen LogP contribution >= 0.6 is 0 Å². The van der Waals surface area contributed by atoms with Crippen molar-refractivity contribution in [2.45, 2.75) is 123 Å². The fraction of sp³-hybridized carbons (Fsp3) is 0.952. The van der Waals surface area contributed by atoms with E-state index in [2.05, 4.69) is 6.92 Å². The predicted molar refractivity (Wildman–Crippen MR) is 103 cm³/mol. The molecule has 0 aromatic carbocycles. The van der Waals surface area contributed by atoms with E-state index < -0.39 is 12.1 Å². The first-order valence-electron chi connectivity index (χ1n) is 10.5. The Morgan fingerprint density at radius 2 is 1.04 bits per heavy atom. The van der Waals surface area contributed by atoms with Crippen molar-refractivity contribution in [3.8, 4) is 0 Å². The summed E-state index contributed by atoms with van der Waals surface area (Å²) < 4.78 is 5.22. The number of rotatable bonds is 19. The number of unbranched alkanes of at least 4 members (excludes halogenated alkanes) is 15. The topological polar surface area (TPSA) is 46.5 Å². The Kier molecular flexibility index (Phi) is 18.3. The predicted octanol–water partition coefficient (Wildman–Crippen LogP) is 6.74. The average Bonchev–Trinajstić information content (AvgIpc) is 2.57. The van der Waals surface area contributed by atoms with Gasteiger partial charge in [0, 0.05) is 6.61 Å². The van der Waals surface area contributed by atoms with Crippen molar-refractivity contribution < 1.29 is 14.6 Å². The Morgan fingerprint density at radius 1 is 0.708 bits per heavy atom. The maximum absolute atomic E-state index is 10.6. The molecule has 0 heterocycles. The Hall–Kier alpha value is -0.570. The van der Waals surface area contributed by atoms with Crippen molar-refractivity contribution in [2.75, 3.05) is 6.61 Å². The molecular weight excluding hydrogens is 300 g/mol. The molecule has 1 N–H and O–H groups in total. The van der Waals surface area contributed by atoms with Gasteiger partial charge >= 0.3 is 5.97 Å². The van der Waals surface area contributed by atoms with Crippen LogP contribution in [0.25, 0.3) is 0 Å². The molecule has 0 fully saturated rings. The van der Waals surface area contributed by atoms with Crippen molar-refractivity contribution in [1.82, 2.24) is 0 Å². The first-order valence-corrected chi connectivity index (χ1v) is 10.5. The Morgan fingerprint density at radius 3 is 1.38 bits per heavy atom. The van der Waals surface area contributed by atoms with Gasteiger partial charge in [0.15, 0.2) is 6.10 Å². The zero-order chi connectivity index (χ0) is 17.9. The third kappa shape index (κ3) is 17.8. The quantitative estimate of drug-likeness (QED) is 0.264. The van der Waals surface area contributed by atoms with Crippen LogP contribution in [-0.4, -0.2) is 23.8 Å². The highest BCUT2D eigenvalue weighted by Crippen LogP contribution is 2.13. The molecule has 0 aliphatic heterocycles. The van der Waals surface area contributed by atoms with Crippen molar-refractivity contribution >= 4 is 5.97 Å². The Balaban J connectivity index is 3.04. The number of carbonyl (C=O) groups is 1. The van der Waals surface area contributed by atoms with Crippen LogP contribution < -0.4 is 0 Å². The summed E-state index contributed by atoms with van der Waals surface area (Å²) >= 11 is 0. The summed E-state index contributed by atoms with van der Waals surface area (Å²) in [6.45, 7) is 4.44. The second-order valence-corrected chi connectivity index (χ2v) is 7.15. The first-order chi connectivity index (χ1) is 11.7. The van der Waals surface area contributed by atoms with Crippen LogP contribution in [0.5, 0.6) is 0 Å².